The van der Waals surface area contributed by atoms with Crippen molar-refractivity contribution in [3.8, 4) is 11.3 Å². The molecule has 0 aliphatic heterocycles. The third-order valence-corrected chi connectivity index (χ3v) is 6.20. The Morgan fingerprint density at radius 3 is 2.48 bits per heavy atom. The van der Waals surface area contributed by atoms with E-state index in [0.717, 1.165) is 5.56 Å². The average molecular weight is 385 g/mol. The fourth-order valence-corrected chi connectivity index (χ4v) is 4.66. The Bertz CT molecular complexity index is 941. The fourth-order valence-electron chi connectivity index (χ4n) is 1.92. The molecule has 0 aliphatic rings. The summed E-state index contributed by atoms with van der Waals surface area (Å²) < 4.78 is 27.3. The van der Waals surface area contributed by atoms with Gasteiger partial charge in [-0.1, -0.05) is 59.6 Å². The molecular weight excluding hydrogens is 375 g/mol. The highest BCUT2D eigenvalue weighted by molar-refractivity contribution is 7.93. The number of hydrogen-bond acceptors (Lipinski definition) is 4. The van der Waals surface area contributed by atoms with Gasteiger partial charge in [0.15, 0.2) is 5.13 Å². The molecule has 0 saturated carbocycles. The summed E-state index contributed by atoms with van der Waals surface area (Å²) >= 11 is 13.0. The molecule has 4 nitrogen and oxygen atoms in total. The lowest BCUT2D eigenvalue weighted by molar-refractivity contribution is 0.601. The number of nitrogens with zero attached hydrogens (tertiary/aromatic N) is 1. The number of thiazole rings is 1. The Morgan fingerprint density at radius 1 is 1.00 bits per heavy atom. The summed E-state index contributed by atoms with van der Waals surface area (Å²) in [5.41, 5.74) is 1.61. The topological polar surface area (TPSA) is 59.1 Å². The molecule has 8 heteroatoms. The van der Waals surface area contributed by atoms with E-state index in [1.807, 2.05) is 30.3 Å². The number of halogens is 2. The van der Waals surface area contributed by atoms with E-state index < -0.39 is 10.0 Å². The summed E-state index contributed by atoms with van der Waals surface area (Å²) in [5.74, 6) is 0. The molecule has 3 rings (SSSR count). The minimum absolute atomic E-state index is 0.0125. The minimum Gasteiger partial charge on any atom is -0.255 e. The van der Waals surface area contributed by atoms with E-state index >= 15 is 0 Å². The molecular formula is C15H10Cl2N2O2S2. The maximum atomic E-state index is 12.4. The summed E-state index contributed by atoms with van der Waals surface area (Å²) in [6.45, 7) is 0. The van der Waals surface area contributed by atoms with Gasteiger partial charge in [-0.2, -0.15) is 0 Å². The van der Waals surface area contributed by atoms with E-state index in [4.69, 9.17) is 23.2 Å². The van der Waals surface area contributed by atoms with E-state index in [2.05, 4.69) is 9.71 Å². The Labute approximate surface area is 147 Å². The predicted octanol–water partition coefficient (Wildman–Crippen LogP) is 4.92. The van der Waals surface area contributed by atoms with Crippen molar-refractivity contribution in [3.05, 3.63) is 64.0 Å². The lowest BCUT2D eigenvalue weighted by Gasteiger charge is -2.07. The highest BCUT2D eigenvalue weighted by Crippen LogP contribution is 2.31. The van der Waals surface area contributed by atoms with Crippen LogP contribution in [-0.4, -0.2) is 13.4 Å². The third kappa shape index (κ3) is 3.50. The van der Waals surface area contributed by atoms with Crippen LogP contribution in [0.2, 0.25) is 10.0 Å². The molecule has 2 aromatic carbocycles. The van der Waals surface area contributed by atoms with E-state index in [0.29, 0.717) is 5.69 Å². The minimum atomic E-state index is -3.85. The average Bonchev–Trinajstić information content (AvgIpc) is 2.98. The quantitative estimate of drug-likeness (QED) is 0.694. The van der Waals surface area contributed by atoms with Crippen LogP contribution in [0.25, 0.3) is 11.3 Å². The molecule has 0 spiro atoms. The van der Waals surface area contributed by atoms with Crippen LogP contribution in [0.1, 0.15) is 0 Å². The van der Waals surface area contributed by atoms with Gasteiger partial charge >= 0.3 is 0 Å². The Kier molecular flexibility index (Phi) is 4.59. The van der Waals surface area contributed by atoms with Crippen LogP contribution < -0.4 is 4.72 Å². The summed E-state index contributed by atoms with van der Waals surface area (Å²) in [7, 11) is -3.85. The van der Waals surface area contributed by atoms with Crippen molar-refractivity contribution in [1.82, 2.24) is 4.98 Å². The molecule has 0 atom stereocenters. The Hall–Kier alpha value is -1.60. The van der Waals surface area contributed by atoms with Gasteiger partial charge in [0.2, 0.25) is 0 Å². The van der Waals surface area contributed by atoms with Gasteiger partial charge in [-0.05, 0) is 12.1 Å². The van der Waals surface area contributed by atoms with Gasteiger partial charge in [0.1, 0.15) is 4.90 Å². The van der Waals surface area contributed by atoms with Gasteiger partial charge in [-0.15, -0.1) is 11.3 Å². The second-order valence-electron chi connectivity index (χ2n) is 4.56. The van der Waals surface area contributed by atoms with Crippen molar-refractivity contribution in [1.29, 1.82) is 0 Å². The molecule has 3 aromatic rings. The van der Waals surface area contributed by atoms with Crippen molar-refractivity contribution in [2.75, 3.05) is 4.72 Å². The van der Waals surface area contributed by atoms with E-state index in [1.54, 1.807) is 5.38 Å². The molecule has 1 heterocycles. The molecule has 0 aliphatic carbocycles. The highest BCUT2D eigenvalue weighted by Gasteiger charge is 2.21. The number of hydrogen-bond donors (Lipinski definition) is 1. The van der Waals surface area contributed by atoms with E-state index in [9.17, 15) is 8.42 Å². The smallest absolute Gasteiger partial charge is 0.255 e. The normalized spacial score (nSPS) is 11.4. The number of anilines is 1. The first kappa shape index (κ1) is 16.3. The number of sulfonamides is 1. The van der Waals surface area contributed by atoms with Crippen molar-refractivity contribution >= 4 is 49.7 Å². The largest absolute Gasteiger partial charge is 0.265 e. The van der Waals surface area contributed by atoms with Crippen molar-refractivity contribution < 1.29 is 8.42 Å². The predicted molar refractivity (Wildman–Crippen MR) is 94.8 cm³/mol. The second-order valence-corrected chi connectivity index (χ2v) is 7.86. The molecule has 0 unspecified atom stereocenters. The zero-order chi connectivity index (χ0) is 16.4. The molecule has 0 saturated heterocycles. The molecule has 1 N–H and O–H groups in total. The third-order valence-electron chi connectivity index (χ3n) is 3.00. The summed E-state index contributed by atoms with van der Waals surface area (Å²) in [6.07, 6.45) is 0. The first-order chi connectivity index (χ1) is 11.0. The Morgan fingerprint density at radius 2 is 1.74 bits per heavy atom. The SMILES string of the molecule is O=S(=O)(Nc1nc(-c2ccccc2)cs1)c1cccc(Cl)c1Cl. The number of rotatable bonds is 4. The van der Waals surface area contributed by atoms with E-state index in [-0.39, 0.29) is 20.1 Å². The molecule has 0 radical (unpaired) electrons. The van der Waals surface area contributed by atoms with Crippen molar-refractivity contribution in [2.24, 2.45) is 0 Å². The van der Waals surface area contributed by atoms with Gasteiger partial charge in [0.05, 0.1) is 15.7 Å². The molecule has 1 aromatic heterocycles. The van der Waals surface area contributed by atoms with Crippen LogP contribution in [0.3, 0.4) is 0 Å². The van der Waals surface area contributed by atoms with Gasteiger partial charge in [0.25, 0.3) is 10.0 Å². The van der Waals surface area contributed by atoms with Gasteiger partial charge in [-0.3, -0.25) is 4.72 Å². The van der Waals surface area contributed by atoms with Crippen LogP contribution in [0.15, 0.2) is 58.8 Å². The highest BCUT2D eigenvalue weighted by atomic mass is 35.5. The standard InChI is InChI=1S/C15H10Cl2N2O2S2/c16-11-7-4-8-13(14(11)17)23(20,21)19-15-18-12(9-22-15)10-5-2-1-3-6-10/h1-9H,(H,18,19). The van der Waals surface area contributed by atoms with Crippen LogP contribution in [0.4, 0.5) is 5.13 Å². The van der Waals surface area contributed by atoms with Gasteiger partial charge < -0.3 is 0 Å². The number of aromatic nitrogens is 1. The first-order valence-electron chi connectivity index (χ1n) is 6.45. The van der Waals surface area contributed by atoms with Crippen LogP contribution in [0.5, 0.6) is 0 Å². The Balaban J connectivity index is 1.90. The first-order valence-corrected chi connectivity index (χ1v) is 9.57. The fraction of sp³-hybridized carbons (Fsp3) is 0. The number of benzene rings is 2. The van der Waals surface area contributed by atoms with Crippen molar-refractivity contribution in [2.45, 2.75) is 4.90 Å². The zero-order valence-electron chi connectivity index (χ0n) is 11.5. The molecule has 23 heavy (non-hydrogen) atoms. The van der Waals surface area contributed by atoms with E-state index in [1.165, 1.54) is 29.5 Å². The van der Waals surface area contributed by atoms with Crippen LogP contribution >= 0.6 is 34.5 Å². The van der Waals surface area contributed by atoms with Crippen LogP contribution in [-0.2, 0) is 10.0 Å². The molecule has 0 bridgehead atoms. The zero-order valence-corrected chi connectivity index (χ0v) is 14.7. The second kappa shape index (κ2) is 6.49. The van der Waals surface area contributed by atoms with Gasteiger partial charge in [-0.25, -0.2) is 13.4 Å². The lowest BCUT2D eigenvalue weighted by Crippen LogP contribution is -2.13. The number of nitrogens with one attached hydrogen (secondary N) is 1. The van der Waals surface area contributed by atoms with Crippen molar-refractivity contribution in [3.63, 3.8) is 0 Å². The lowest BCUT2D eigenvalue weighted by atomic mass is 10.2. The van der Waals surface area contributed by atoms with Crippen LogP contribution in [0, 0.1) is 0 Å². The molecule has 118 valence electrons. The summed E-state index contributed by atoms with van der Waals surface area (Å²) in [6, 6.07) is 13.9. The molecule has 0 amide bonds. The summed E-state index contributed by atoms with van der Waals surface area (Å²) in [4.78, 5) is 4.22. The maximum absolute atomic E-state index is 12.4. The summed E-state index contributed by atoms with van der Waals surface area (Å²) in [5, 5.41) is 2.22. The monoisotopic (exact) mass is 384 g/mol. The molecule has 0 fully saturated rings. The maximum Gasteiger partial charge on any atom is 0.265 e. The van der Waals surface area contributed by atoms with Gasteiger partial charge in [0, 0.05) is 10.9 Å².